The van der Waals surface area contributed by atoms with Gasteiger partial charge in [-0.2, -0.15) is 4.39 Å². The monoisotopic (exact) mass is 361 g/mol. The van der Waals surface area contributed by atoms with Crippen molar-refractivity contribution in [1.29, 1.82) is 0 Å². The van der Waals surface area contributed by atoms with Gasteiger partial charge in [0.1, 0.15) is 0 Å². The molecule has 0 fully saturated rings. The lowest BCUT2D eigenvalue weighted by Gasteiger charge is -1.99. The highest BCUT2D eigenvalue weighted by Crippen LogP contribution is 2.35. The van der Waals surface area contributed by atoms with Crippen molar-refractivity contribution >= 4 is 45.2 Å². The van der Waals surface area contributed by atoms with Crippen molar-refractivity contribution in [2.24, 2.45) is 7.05 Å². The lowest BCUT2D eigenvalue weighted by Crippen LogP contribution is -1.83. The van der Waals surface area contributed by atoms with Gasteiger partial charge >= 0.3 is 0 Å². The topological polar surface area (TPSA) is 4.93 Å². The third-order valence-corrected chi connectivity index (χ3v) is 6.35. The molecule has 0 bridgehead atoms. The maximum absolute atomic E-state index is 13.2. The third kappa shape index (κ3) is 2.71. The second kappa shape index (κ2) is 5.78. The van der Waals surface area contributed by atoms with E-state index >= 15 is 0 Å². The van der Waals surface area contributed by atoms with Crippen molar-refractivity contribution in [3.8, 4) is 9.75 Å². The van der Waals surface area contributed by atoms with Crippen molar-refractivity contribution < 1.29 is 4.39 Å². The Balaban J connectivity index is 1.70. The maximum atomic E-state index is 13.2. The molecule has 0 N–H and O–H groups in total. The van der Waals surface area contributed by atoms with Gasteiger partial charge in [0.25, 0.3) is 0 Å². The number of aromatic nitrogens is 1. The molecule has 3 heterocycles. The fraction of sp³-hybridized carbons (Fsp3) is 0.111. The average Bonchev–Trinajstić information content (AvgIpc) is 3.21. The van der Waals surface area contributed by atoms with Gasteiger partial charge in [0, 0.05) is 45.2 Å². The van der Waals surface area contributed by atoms with E-state index in [-0.39, 0.29) is 5.13 Å². The Morgan fingerprint density at radius 3 is 2.61 bits per heavy atom. The summed E-state index contributed by atoms with van der Waals surface area (Å²) in [5.41, 5.74) is 2.36. The van der Waals surface area contributed by atoms with Crippen molar-refractivity contribution in [1.82, 2.24) is 4.57 Å². The number of rotatable bonds is 3. The Bertz CT molecular complexity index is 996. The molecule has 0 aliphatic rings. The predicted molar refractivity (Wildman–Crippen MR) is 98.3 cm³/mol. The van der Waals surface area contributed by atoms with Crippen LogP contribution in [0, 0.1) is 5.13 Å². The second-order valence-corrected chi connectivity index (χ2v) is 8.06. The van der Waals surface area contributed by atoms with E-state index in [9.17, 15) is 4.39 Å². The number of hydrogen-bond donors (Lipinski definition) is 0. The second-order valence-electron chi connectivity index (χ2n) is 5.45. The van der Waals surface area contributed by atoms with Crippen LogP contribution in [0.15, 0.2) is 48.7 Å². The molecule has 0 aliphatic heterocycles. The summed E-state index contributed by atoms with van der Waals surface area (Å²) in [6, 6.07) is 13.5. The summed E-state index contributed by atoms with van der Waals surface area (Å²) < 4.78 is 15.3. The Morgan fingerprint density at radius 2 is 1.83 bits per heavy atom. The smallest absolute Gasteiger partial charge is 0.177 e. The van der Waals surface area contributed by atoms with Crippen LogP contribution in [0.2, 0.25) is 5.02 Å². The first-order valence-corrected chi connectivity index (χ1v) is 9.20. The quantitative estimate of drug-likeness (QED) is 0.400. The van der Waals surface area contributed by atoms with Gasteiger partial charge in [-0.05, 0) is 42.0 Å². The molecule has 0 amide bonds. The Kier molecular flexibility index (Phi) is 3.76. The van der Waals surface area contributed by atoms with E-state index in [0.717, 1.165) is 32.1 Å². The molecule has 0 aliphatic carbocycles. The molecule has 0 unspecified atom stereocenters. The van der Waals surface area contributed by atoms with Gasteiger partial charge in [-0.1, -0.05) is 17.7 Å². The van der Waals surface area contributed by atoms with E-state index < -0.39 is 0 Å². The molecule has 0 saturated carbocycles. The minimum absolute atomic E-state index is 0.143. The first-order valence-electron chi connectivity index (χ1n) is 7.18. The van der Waals surface area contributed by atoms with Crippen LogP contribution in [0.5, 0.6) is 0 Å². The zero-order valence-electron chi connectivity index (χ0n) is 12.3. The van der Waals surface area contributed by atoms with E-state index in [0.29, 0.717) is 0 Å². The first-order chi connectivity index (χ1) is 11.1. The summed E-state index contributed by atoms with van der Waals surface area (Å²) in [7, 11) is 2.04. The fourth-order valence-electron chi connectivity index (χ4n) is 2.87. The molecule has 5 heteroatoms. The van der Waals surface area contributed by atoms with Gasteiger partial charge in [-0.3, -0.25) is 0 Å². The van der Waals surface area contributed by atoms with Crippen molar-refractivity contribution in [3.63, 3.8) is 0 Å². The largest absolute Gasteiger partial charge is 0.350 e. The summed E-state index contributed by atoms with van der Waals surface area (Å²) in [5.74, 6) is 0. The van der Waals surface area contributed by atoms with Gasteiger partial charge < -0.3 is 4.57 Å². The Morgan fingerprint density at radius 1 is 1.04 bits per heavy atom. The van der Waals surface area contributed by atoms with Crippen LogP contribution in [-0.2, 0) is 13.5 Å². The Hall–Kier alpha value is -1.62. The fourth-order valence-corrected chi connectivity index (χ4v) is 5.01. The van der Waals surface area contributed by atoms with Crippen molar-refractivity contribution in [2.45, 2.75) is 6.42 Å². The number of nitrogens with zero attached hydrogens (tertiary/aromatic N) is 1. The zero-order valence-corrected chi connectivity index (χ0v) is 14.7. The van der Waals surface area contributed by atoms with Crippen molar-refractivity contribution in [2.75, 3.05) is 0 Å². The standard InChI is InChI=1S/C18H13ClFNS2/c1-21-10-11(18-13(19)3-2-4-14(18)21)9-12-5-6-15(22-12)16-7-8-17(20)23-16/h2-8,10H,9H2,1H3. The normalized spacial score (nSPS) is 11.4. The molecule has 0 radical (unpaired) electrons. The number of halogens is 2. The molecule has 116 valence electrons. The minimum atomic E-state index is -0.143. The summed E-state index contributed by atoms with van der Waals surface area (Å²) in [6.45, 7) is 0. The van der Waals surface area contributed by atoms with Crippen LogP contribution >= 0.6 is 34.3 Å². The molecule has 23 heavy (non-hydrogen) atoms. The predicted octanol–water partition coefficient (Wildman–Crippen LogP) is 6.35. The van der Waals surface area contributed by atoms with Crippen LogP contribution in [0.1, 0.15) is 10.4 Å². The Labute approximate surface area is 146 Å². The summed E-state index contributed by atoms with van der Waals surface area (Å²) >= 11 is 9.29. The third-order valence-electron chi connectivity index (χ3n) is 3.88. The van der Waals surface area contributed by atoms with Gasteiger partial charge in [0.05, 0.1) is 5.02 Å². The van der Waals surface area contributed by atoms with Crippen LogP contribution in [0.3, 0.4) is 0 Å². The number of fused-ring (bicyclic) bond motifs is 1. The van der Waals surface area contributed by atoms with Gasteiger partial charge in [0.15, 0.2) is 5.13 Å². The number of benzene rings is 1. The molecular formula is C18H13ClFNS2. The van der Waals surface area contributed by atoms with Gasteiger partial charge in [0.2, 0.25) is 0 Å². The zero-order chi connectivity index (χ0) is 16.0. The maximum Gasteiger partial charge on any atom is 0.177 e. The van der Waals surface area contributed by atoms with E-state index in [1.807, 2.05) is 25.2 Å². The molecular weight excluding hydrogens is 349 g/mol. The first kappa shape index (κ1) is 14.9. The number of thiophene rings is 2. The molecule has 1 aromatic carbocycles. The van der Waals surface area contributed by atoms with Crippen LogP contribution in [0.4, 0.5) is 4.39 Å². The van der Waals surface area contributed by atoms with E-state index in [4.69, 9.17) is 11.6 Å². The molecule has 0 spiro atoms. The van der Waals surface area contributed by atoms with Gasteiger partial charge in [-0.25, -0.2) is 0 Å². The van der Waals surface area contributed by atoms with Crippen LogP contribution in [-0.4, -0.2) is 4.57 Å². The lowest BCUT2D eigenvalue weighted by molar-refractivity contribution is 0.657. The molecule has 3 aromatic heterocycles. The summed E-state index contributed by atoms with van der Waals surface area (Å²) in [5, 5.41) is 1.76. The van der Waals surface area contributed by atoms with Crippen LogP contribution in [0.25, 0.3) is 20.7 Å². The highest BCUT2D eigenvalue weighted by Gasteiger charge is 2.12. The number of aryl methyl sites for hydroxylation is 1. The van der Waals surface area contributed by atoms with Crippen molar-refractivity contribution in [3.05, 3.63) is 69.3 Å². The number of hydrogen-bond acceptors (Lipinski definition) is 2. The minimum Gasteiger partial charge on any atom is -0.350 e. The average molecular weight is 362 g/mol. The van der Waals surface area contributed by atoms with E-state index in [2.05, 4.69) is 29.0 Å². The lowest BCUT2D eigenvalue weighted by atomic mass is 10.1. The highest BCUT2D eigenvalue weighted by molar-refractivity contribution is 7.21. The van der Waals surface area contributed by atoms with Gasteiger partial charge in [-0.15, -0.1) is 22.7 Å². The molecule has 1 nitrogen and oxygen atoms in total. The van der Waals surface area contributed by atoms with E-state index in [1.54, 1.807) is 11.3 Å². The highest BCUT2D eigenvalue weighted by atomic mass is 35.5. The molecule has 4 rings (SSSR count). The molecule has 0 atom stereocenters. The SMILES string of the molecule is Cn1cc(Cc2ccc(-c3ccc(F)s3)s2)c2c(Cl)cccc21. The summed E-state index contributed by atoms with van der Waals surface area (Å²) in [4.78, 5) is 3.34. The van der Waals surface area contributed by atoms with Crippen LogP contribution < -0.4 is 0 Å². The summed E-state index contributed by atoms with van der Waals surface area (Å²) in [6.07, 6.45) is 2.97. The molecule has 4 aromatic rings. The molecule has 0 saturated heterocycles. The van der Waals surface area contributed by atoms with E-state index in [1.165, 1.54) is 27.8 Å².